The van der Waals surface area contributed by atoms with Crippen molar-refractivity contribution in [2.45, 2.75) is 25.1 Å². The predicted molar refractivity (Wildman–Crippen MR) is 102 cm³/mol. The molecular formula is C20H17Cl2FN2O2. The quantitative estimate of drug-likeness (QED) is 0.670. The first kappa shape index (κ1) is 18.4. The van der Waals surface area contributed by atoms with Gasteiger partial charge in [0.05, 0.1) is 17.8 Å². The third-order valence-electron chi connectivity index (χ3n) is 4.82. The average Bonchev–Trinajstić information content (AvgIpc) is 3.19. The van der Waals surface area contributed by atoms with Crippen molar-refractivity contribution < 1.29 is 13.9 Å². The van der Waals surface area contributed by atoms with Crippen LogP contribution in [0.2, 0.25) is 10.0 Å². The van der Waals surface area contributed by atoms with E-state index in [0.29, 0.717) is 40.2 Å². The second kappa shape index (κ2) is 7.24. The Labute approximate surface area is 166 Å². The normalized spacial score (nSPS) is 18.9. The Bertz CT molecular complexity index is 975. The summed E-state index contributed by atoms with van der Waals surface area (Å²) >= 11 is 12.4. The van der Waals surface area contributed by atoms with Crippen LogP contribution < -0.4 is 0 Å². The minimum absolute atomic E-state index is 0.234. The second-order valence-corrected chi connectivity index (χ2v) is 7.58. The molecule has 0 saturated heterocycles. The van der Waals surface area contributed by atoms with E-state index in [2.05, 4.69) is 4.98 Å². The van der Waals surface area contributed by atoms with Gasteiger partial charge in [0.2, 0.25) is 5.89 Å². The van der Waals surface area contributed by atoms with E-state index in [9.17, 15) is 9.50 Å². The number of aliphatic hydroxyl groups is 1. The summed E-state index contributed by atoms with van der Waals surface area (Å²) in [5.74, 6) is 0.119. The van der Waals surface area contributed by atoms with Crippen molar-refractivity contribution in [1.82, 2.24) is 9.88 Å². The fourth-order valence-corrected chi connectivity index (χ4v) is 4.21. The Morgan fingerprint density at radius 2 is 2.00 bits per heavy atom. The van der Waals surface area contributed by atoms with Crippen molar-refractivity contribution in [2.75, 3.05) is 7.05 Å². The van der Waals surface area contributed by atoms with Gasteiger partial charge < -0.3 is 9.52 Å². The highest BCUT2D eigenvalue weighted by molar-refractivity contribution is 6.35. The second-order valence-electron chi connectivity index (χ2n) is 6.74. The van der Waals surface area contributed by atoms with Gasteiger partial charge in [0.1, 0.15) is 12.1 Å². The molecule has 1 aliphatic carbocycles. The highest BCUT2D eigenvalue weighted by Gasteiger charge is 2.36. The zero-order valence-electron chi connectivity index (χ0n) is 14.5. The molecule has 0 bridgehead atoms. The number of fused-ring (bicyclic) bond motifs is 1. The van der Waals surface area contributed by atoms with Crippen LogP contribution in [-0.2, 0) is 13.0 Å². The van der Waals surface area contributed by atoms with Gasteiger partial charge in [0.25, 0.3) is 0 Å². The number of likely N-dealkylation sites (N-methyl/N-ethyl adjacent to an activating group) is 1. The van der Waals surface area contributed by atoms with Crippen LogP contribution in [0.1, 0.15) is 22.9 Å². The number of hydrogen-bond donors (Lipinski definition) is 1. The number of halogens is 3. The van der Waals surface area contributed by atoms with Crippen LogP contribution in [0.3, 0.4) is 0 Å². The molecule has 3 aromatic rings. The Hall–Kier alpha value is -1.92. The standard InChI is InChI=1S/C20H17Cl2FN2O2/c1-25(19-16-6-12(21)7-17(22)15(16)8-18(19)26)9-14-10-27-20(24-14)11-2-4-13(23)5-3-11/h2-7,10,18-19,26H,8-9H2,1H3/t18-,19-/m1/s1. The maximum atomic E-state index is 13.1. The van der Waals surface area contributed by atoms with Crippen molar-refractivity contribution in [1.29, 1.82) is 0 Å². The van der Waals surface area contributed by atoms with E-state index in [1.807, 2.05) is 18.0 Å². The maximum Gasteiger partial charge on any atom is 0.226 e. The molecular weight excluding hydrogens is 390 g/mol. The molecule has 1 aromatic heterocycles. The van der Waals surface area contributed by atoms with Crippen molar-refractivity contribution >= 4 is 23.2 Å². The largest absolute Gasteiger partial charge is 0.444 e. The van der Waals surface area contributed by atoms with E-state index >= 15 is 0 Å². The number of hydrogen-bond acceptors (Lipinski definition) is 4. The van der Waals surface area contributed by atoms with Crippen molar-refractivity contribution in [2.24, 2.45) is 0 Å². The van der Waals surface area contributed by atoms with Crippen LogP contribution in [0.25, 0.3) is 11.5 Å². The third kappa shape index (κ3) is 3.60. The Morgan fingerprint density at radius 3 is 2.74 bits per heavy atom. The fourth-order valence-electron chi connectivity index (χ4n) is 3.62. The van der Waals surface area contributed by atoms with Gasteiger partial charge in [-0.05, 0) is 54.6 Å². The number of aliphatic hydroxyl groups excluding tert-OH is 1. The molecule has 2 aromatic carbocycles. The van der Waals surface area contributed by atoms with Gasteiger partial charge in [0, 0.05) is 28.6 Å². The van der Waals surface area contributed by atoms with E-state index in [0.717, 1.165) is 11.1 Å². The molecule has 0 unspecified atom stereocenters. The predicted octanol–water partition coefficient (Wildman–Crippen LogP) is 4.88. The minimum atomic E-state index is -0.579. The molecule has 27 heavy (non-hydrogen) atoms. The highest BCUT2D eigenvalue weighted by Crippen LogP contribution is 2.41. The molecule has 1 N–H and O–H groups in total. The number of aromatic nitrogens is 1. The van der Waals surface area contributed by atoms with Crippen LogP contribution in [0.15, 0.2) is 47.1 Å². The number of rotatable bonds is 4. The van der Waals surface area contributed by atoms with Crippen LogP contribution in [-0.4, -0.2) is 28.1 Å². The Balaban J connectivity index is 1.55. The van der Waals surface area contributed by atoms with Crippen LogP contribution >= 0.6 is 23.2 Å². The number of oxazole rings is 1. The molecule has 0 amide bonds. The van der Waals surface area contributed by atoms with Crippen LogP contribution in [0.4, 0.5) is 4.39 Å². The summed E-state index contributed by atoms with van der Waals surface area (Å²) in [4.78, 5) is 6.47. The van der Waals surface area contributed by atoms with E-state index in [4.69, 9.17) is 27.6 Å². The topological polar surface area (TPSA) is 49.5 Å². The summed E-state index contributed by atoms with van der Waals surface area (Å²) in [5.41, 5.74) is 3.28. The van der Waals surface area contributed by atoms with Gasteiger partial charge >= 0.3 is 0 Å². The fraction of sp³-hybridized carbons (Fsp3) is 0.250. The zero-order valence-corrected chi connectivity index (χ0v) is 16.0. The van der Waals surface area contributed by atoms with Gasteiger partial charge in [-0.15, -0.1) is 0 Å². The van der Waals surface area contributed by atoms with E-state index in [1.54, 1.807) is 24.5 Å². The summed E-state index contributed by atoms with van der Waals surface area (Å²) in [5, 5.41) is 11.7. The smallest absolute Gasteiger partial charge is 0.226 e. The van der Waals surface area contributed by atoms with E-state index in [-0.39, 0.29) is 11.9 Å². The first-order valence-electron chi connectivity index (χ1n) is 8.49. The SMILES string of the molecule is CN(Cc1coc(-c2ccc(F)cc2)n1)[C@@H]1c2cc(Cl)cc(Cl)c2C[C@H]1O. The molecule has 4 rings (SSSR count). The van der Waals surface area contributed by atoms with E-state index < -0.39 is 6.10 Å². The Morgan fingerprint density at radius 1 is 1.26 bits per heavy atom. The lowest BCUT2D eigenvalue weighted by Gasteiger charge is -2.27. The molecule has 0 spiro atoms. The van der Waals surface area contributed by atoms with Gasteiger partial charge in [0.15, 0.2) is 0 Å². The lowest BCUT2D eigenvalue weighted by Crippen LogP contribution is -2.30. The number of benzene rings is 2. The molecule has 0 saturated carbocycles. The molecule has 140 valence electrons. The molecule has 1 heterocycles. The van der Waals surface area contributed by atoms with Crippen LogP contribution in [0.5, 0.6) is 0 Å². The lowest BCUT2D eigenvalue weighted by atomic mass is 10.1. The molecule has 4 nitrogen and oxygen atoms in total. The molecule has 1 aliphatic rings. The van der Waals surface area contributed by atoms with Crippen molar-refractivity contribution in [3.05, 3.63) is 75.3 Å². The molecule has 0 radical (unpaired) electrons. The van der Waals surface area contributed by atoms with Crippen molar-refractivity contribution in [3.63, 3.8) is 0 Å². The summed E-state index contributed by atoms with van der Waals surface area (Å²) in [6, 6.07) is 9.29. The van der Waals surface area contributed by atoms with Crippen molar-refractivity contribution in [3.8, 4) is 11.5 Å². The van der Waals surface area contributed by atoms with E-state index in [1.165, 1.54) is 12.1 Å². The Kier molecular flexibility index (Phi) is 4.95. The third-order valence-corrected chi connectivity index (χ3v) is 5.38. The molecule has 7 heteroatoms. The minimum Gasteiger partial charge on any atom is -0.444 e. The van der Waals surface area contributed by atoms with Crippen LogP contribution in [0, 0.1) is 5.82 Å². The van der Waals surface area contributed by atoms with Gasteiger partial charge in [-0.3, -0.25) is 4.90 Å². The van der Waals surface area contributed by atoms with Gasteiger partial charge in [-0.25, -0.2) is 9.37 Å². The van der Waals surface area contributed by atoms with Gasteiger partial charge in [-0.2, -0.15) is 0 Å². The first-order valence-corrected chi connectivity index (χ1v) is 9.24. The monoisotopic (exact) mass is 406 g/mol. The average molecular weight is 407 g/mol. The highest BCUT2D eigenvalue weighted by atomic mass is 35.5. The summed E-state index contributed by atoms with van der Waals surface area (Å²) in [6.45, 7) is 0.468. The first-order chi connectivity index (χ1) is 12.9. The lowest BCUT2D eigenvalue weighted by molar-refractivity contribution is 0.0718. The molecule has 0 fully saturated rings. The summed E-state index contributed by atoms with van der Waals surface area (Å²) in [7, 11) is 1.91. The summed E-state index contributed by atoms with van der Waals surface area (Å²) < 4.78 is 18.6. The maximum absolute atomic E-state index is 13.1. The summed E-state index contributed by atoms with van der Waals surface area (Å²) in [6.07, 6.45) is 1.48. The number of nitrogens with zero attached hydrogens (tertiary/aromatic N) is 2. The zero-order chi connectivity index (χ0) is 19.1. The van der Waals surface area contributed by atoms with Gasteiger partial charge in [-0.1, -0.05) is 23.2 Å². The molecule has 2 atom stereocenters. The molecule has 0 aliphatic heterocycles.